The van der Waals surface area contributed by atoms with Crippen LogP contribution in [0.15, 0.2) is 12.4 Å². The number of hydrogen-bond donors (Lipinski definition) is 1. The van der Waals surface area contributed by atoms with E-state index in [2.05, 4.69) is 22.7 Å². The van der Waals surface area contributed by atoms with Crippen molar-refractivity contribution in [1.82, 2.24) is 9.55 Å². The molecule has 1 saturated carbocycles. The van der Waals surface area contributed by atoms with Crippen LogP contribution < -0.4 is 5.73 Å². The van der Waals surface area contributed by atoms with Crippen LogP contribution in [0.2, 0.25) is 0 Å². The van der Waals surface area contributed by atoms with Gasteiger partial charge < -0.3 is 10.3 Å². The molecular formula is C11H19N3. The van der Waals surface area contributed by atoms with Crippen molar-refractivity contribution in [2.45, 2.75) is 51.1 Å². The number of aryl methyl sites for hydroxylation is 1. The Bertz CT molecular complexity index is 284. The molecule has 3 heteroatoms. The summed E-state index contributed by atoms with van der Waals surface area (Å²) in [5, 5.41) is 0. The van der Waals surface area contributed by atoms with Crippen molar-refractivity contribution in [3.63, 3.8) is 0 Å². The third-order valence-electron chi connectivity index (χ3n) is 3.23. The highest BCUT2D eigenvalue weighted by atomic mass is 15.1. The molecule has 1 aliphatic rings. The third kappa shape index (κ3) is 1.82. The van der Waals surface area contributed by atoms with Gasteiger partial charge in [0, 0.05) is 30.9 Å². The van der Waals surface area contributed by atoms with Gasteiger partial charge in [-0.05, 0) is 32.6 Å². The maximum absolute atomic E-state index is 5.89. The van der Waals surface area contributed by atoms with Crippen LogP contribution >= 0.6 is 0 Å². The summed E-state index contributed by atoms with van der Waals surface area (Å²) in [5.41, 5.74) is 5.89. The standard InChI is InChI=1S/C11H19N3/c1-2-14-8-7-13-11(14)9-3-5-10(12)6-4-9/h7-10H,2-6,12H2,1H3. The molecule has 1 fully saturated rings. The summed E-state index contributed by atoms with van der Waals surface area (Å²) in [5.74, 6) is 1.91. The zero-order valence-corrected chi connectivity index (χ0v) is 8.82. The van der Waals surface area contributed by atoms with E-state index in [4.69, 9.17) is 5.73 Å². The molecule has 1 heterocycles. The molecule has 0 aliphatic heterocycles. The van der Waals surface area contributed by atoms with Crippen LogP contribution in [0, 0.1) is 0 Å². The molecule has 0 spiro atoms. The maximum Gasteiger partial charge on any atom is 0.111 e. The second-order valence-corrected chi connectivity index (χ2v) is 4.18. The Kier molecular flexibility index (Phi) is 2.87. The van der Waals surface area contributed by atoms with Gasteiger partial charge >= 0.3 is 0 Å². The zero-order valence-electron chi connectivity index (χ0n) is 8.82. The molecule has 0 unspecified atom stereocenters. The fraction of sp³-hybridized carbons (Fsp3) is 0.727. The van der Waals surface area contributed by atoms with E-state index in [-0.39, 0.29) is 0 Å². The third-order valence-corrected chi connectivity index (χ3v) is 3.23. The second-order valence-electron chi connectivity index (χ2n) is 4.18. The number of rotatable bonds is 2. The monoisotopic (exact) mass is 193 g/mol. The number of imidazole rings is 1. The Morgan fingerprint density at radius 1 is 1.43 bits per heavy atom. The Labute approximate surface area is 85.3 Å². The van der Waals surface area contributed by atoms with E-state index >= 15 is 0 Å². The summed E-state index contributed by atoms with van der Waals surface area (Å²) in [7, 11) is 0. The topological polar surface area (TPSA) is 43.8 Å². The average Bonchev–Trinajstić information content (AvgIpc) is 2.67. The van der Waals surface area contributed by atoms with Crippen molar-refractivity contribution >= 4 is 0 Å². The average molecular weight is 193 g/mol. The summed E-state index contributed by atoms with van der Waals surface area (Å²) in [6, 6.07) is 0.427. The molecule has 2 N–H and O–H groups in total. The second kappa shape index (κ2) is 4.13. The van der Waals surface area contributed by atoms with Crippen LogP contribution in [0.1, 0.15) is 44.3 Å². The molecular weight excluding hydrogens is 174 g/mol. The first kappa shape index (κ1) is 9.71. The van der Waals surface area contributed by atoms with Crippen molar-refractivity contribution in [2.24, 2.45) is 5.73 Å². The molecule has 0 radical (unpaired) electrons. The van der Waals surface area contributed by atoms with Gasteiger partial charge in [-0.25, -0.2) is 4.98 Å². The lowest BCUT2D eigenvalue weighted by Gasteiger charge is -2.25. The van der Waals surface area contributed by atoms with Gasteiger partial charge in [0.15, 0.2) is 0 Å². The van der Waals surface area contributed by atoms with Gasteiger partial charge in [-0.3, -0.25) is 0 Å². The highest BCUT2D eigenvalue weighted by Crippen LogP contribution is 2.31. The SMILES string of the molecule is CCn1ccnc1C1CCC(N)CC1. The first-order valence-corrected chi connectivity index (χ1v) is 5.58. The molecule has 78 valence electrons. The highest BCUT2D eigenvalue weighted by molar-refractivity contribution is 5.02. The van der Waals surface area contributed by atoms with Gasteiger partial charge in [-0.15, -0.1) is 0 Å². The number of nitrogens with two attached hydrogens (primary N) is 1. The molecule has 2 rings (SSSR count). The van der Waals surface area contributed by atoms with Crippen LogP contribution in [-0.4, -0.2) is 15.6 Å². The van der Waals surface area contributed by atoms with Gasteiger partial charge in [-0.2, -0.15) is 0 Å². The van der Waals surface area contributed by atoms with Gasteiger partial charge in [0.1, 0.15) is 5.82 Å². The predicted octanol–water partition coefficient (Wildman–Crippen LogP) is 1.89. The summed E-state index contributed by atoms with van der Waals surface area (Å²) in [4.78, 5) is 4.46. The predicted molar refractivity (Wildman–Crippen MR) is 57.1 cm³/mol. The van der Waals surface area contributed by atoms with Crippen LogP contribution in [0.25, 0.3) is 0 Å². The zero-order chi connectivity index (χ0) is 9.97. The van der Waals surface area contributed by atoms with Gasteiger partial charge in [0.05, 0.1) is 0 Å². The van der Waals surface area contributed by atoms with Gasteiger partial charge in [0.25, 0.3) is 0 Å². The molecule has 14 heavy (non-hydrogen) atoms. The van der Waals surface area contributed by atoms with Gasteiger partial charge in [0.2, 0.25) is 0 Å². The summed E-state index contributed by atoms with van der Waals surface area (Å²) >= 11 is 0. The first-order valence-electron chi connectivity index (χ1n) is 5.58. The molecule has 3 nitrogen and oxygen atoms in total. The minimum Gasteiger partial charge on any atom is -0.335 e. The summed E-state index contributed by atoms with van der Waals surface area (Å²) in [6.45, 7) is 3.19. The quantitative estimate of drug-likeness (QED) is 0.779. The van der Waals surface area contributed by atoms with Crippen LogP contribution in [0.5, 0.6) is 0 Å². The van der Waals surface area contributed by atoms with Crippen LogP contribution in [0.3, 0.4) is 0 Å². The van der Waals surface area contributed by atoms with Crippen LogP contribution in [0.4, 0.5) is 0 Å². The van der Waals surface area contributed by atoms with E-state index in [0.717, 1.165) is 19.4 Å². The Morgan fingerprint density at radius 2 is 2.14 bits per heavy atom. The molecule has 0 amide bonds. The highest BCUT2D eigenvalue weighted by Gasteiger charge is 2.22. The van der Waals surface area contributed by atoms with Crippen molar-refractivity contribution in [1.29, 1.82) is 0 Å². The molecule has 0 bridgehead atoms. The van der Waals surface area contributed by atoms with E-state index in [9.17, 15) is 0 Å². The van der Waals surface area contributed by atoms with Crippen LogP contribution in [-0.2, 0) is 6.54 Å². The van der Waals surface area contributed by atoms with Crippen molar-refractivity contribution in [3.05, 3.63) is 18.2 Å². The number of aromatic nitrogens is 2. The lowest BCUT2D eigenvalue weighted by molar-refractivity contribution is 0.377. The van der Waals surface area contributed by atoms with E-state index < -0.39 is 0 Å². The maximum atomic E-state index is 5.89. The number of hydrogen-bond acceptors (Lipinski definition) is 2. The molecule has 1 aromatic rings. The largest absolute Gasteiger partial charge is 0.335 e. The molecule has 1 aliphatic carbocycles. The number of nitrogens with zero attached hydrogens (tertiary/aromatic N) is 2. The smallest absolute Gasteiger partial charge is 0.111 e. The fourth-order valence-corrected chi connectivity index (χ4v) is 2.33. The Hall–Kier alpha value is -0.830. The first-order chi connectivity index (χ1) is 6.81. The Morgan fingerprint density at radius 3 is 2.79 bits per heavy atom. The van der Waals surface area contributed by atoms with Crippen molar-refractivity contribution in [2.75, 3.05) is 0 Å². The fourth-order valence-electron chi connectivity index (χ4n) is 2.33. The Balaban J connectivity index is 2.08. The van der Waals surface area contributed by atoms with Crippen molar-refractivity contribution in [3.8, 4) is 0 Å². The normalized spacial score (nSPS) is 27.9. The molecule has 0 aromatic carbocycles. The minimum atomic E-state index is 0.427. The molecule has 0 atom stereocenters. The van der Waals surface area contributed by atoms with Crippen molar-refractivity contribution < 1.29 is 0 Å². The molecule has 1 aromatic heterocycles. The summed E-state index contributed by atoms with van der Waals surface area (Å²) < 4.78 is 2.25. The molecule has 0 saturated heterocycles. The van der Waals surface area contributed by atoms with E-state index in [1.54, 1.807) is 0 Å². The lowest BCUT2D eigenvalue weighted by atomic mass is 9.86. The van der Waals surface area contributed by atoms with E-state index in [1.165, 1.54) is 18.7 Å². The lowest BCUT2D eigenvalue weighted by Crippen LogP contribution is -2.26. The summed E-state index contributed by atoms with van der Waals surface area (Å²) in [6.07, 6.45) is 8.70. The van der Waals surface area contributed by atoms with Gasteiger partial charge in [-0.1, -0.05) is 0 Å². The van der Waals surface area contributed by atoms with E-state index in [1.807, 2.05) is 6.20 Å². The minimum absolute atomic E-state index is 0.427. The van der Waals surface area contributed by atoms with E-state index in [0.29, 0.717) is 12.0 Å².